The van der Waals surface area contributed by atoms with Gasteiger partial charge in [0.2, 0.25) is 5.95 Å². The maximum atomic E-state index is 9.27. The fourth-order valence-corrected chi connectivity index (χ4v) is 3.59. The Hall–Kier alpha value is -3.85. The van der Waals surface area contributed by atoms with Crippen molar-refractivity contribution in [1.82, 2.24) is 14.6 Å². The van der Waals surface area contributed by atoms with E-state index < -0.39 is 0 Å². The number of nitrogens with zero attached hydrogens (tertiary/aromatic N) is 4. The third kappa shape index (κ3) is 2.04. The lowest BCUT2D eigenvalue weighted by atomic mass is 9.98. The van der Waals surface area contributed by atoms with Gasteiger partial charge in [-0.3, -0.25) is 0 Å². The average Bonchev–Trinajstić information content (AvgIpc) is 3.03. The van der Waals surface area contributed by atoms with E-state index in [4.69, 9.17) is 5.73 Å². The highest BCUT2D eigenvalue weighted by atomic mass is 15.3. The SMILES string of the molecule is N#Cc1cccc(C2Nc3ccccc3-c3nc(N)nn4ccc2c34)c1. The summed E-state index contributed by atoms with van der Waals surface area (Å²) in [7, 11) is 0. The molecule has 3 heterocycles. The first-order valence-corrected chi connectivity index (χ1v) is 8.25. The van der Waals surface area contributed by atoms with Gasteiger partial charge in [0, 0.05) is 23.0 Å². The lowest BCUT2D eigenvalue weighted by molar-refractivity contribution is 0.911. The second-order valence-corrected chi connectivity index (χ2v) is 6.24. The number of nitriles is 1. The summed E-state index contributed by atoms with van der Waals surface area (Å²) in [5.74, 6) is 0.231. The van der Waals surface area contributed by atoms with Gasteiger partial charge in [0.05, 0.1) is 23.2 Å². The van der Waals surface area contributed by atoms with Gasteiger partial charge >= 0.3 is 0 Å². The first kappa shape index (κ1) is 14.5. The zero-order valence-electron chi connectivity index (χ0n) is 13.7. The summed E-state index contributed by atoms with van der Waals surface area (Å²) in [6.07, 6.45) is 1.89. The van der Waals surface area contributed by atoms with Gasteiger partial charge in [0.15, 0.2) is 0 Å². The first-order valence-electron chi connectivity index (χ1n) is 8.25. The lowest BCUT2D eigenvalue weighted by Crippen LogP contribution is -2.11. The van der Waals surface area contributed by atoms with Crippen molar-refractivity contribution in [2.24, 2.45) is 0 Å². The molecule has 6 heteroatoms. The van der Waals surface area contributed by atoms with Gasteiger partial charge in [-0.2, -0.15) is 5.26 Å². The molecular formula is C20H14N6. The predicted molar refractivity (Wildman–Crippen MR) is 99.5 cm³/mol. The molecule has 5 rings (SSSR count). The van der Waals surface area contributed by atoms with Crippen LogP contribution in [0.2, 0.25) is 0 Å². The first-order chi connectivity index (χ1) is 12.7. The average molecular weight is 338 g/mol. The number of anilines is 2. The number of hydrogen-bond acceptors (Lipinski definition) is 5. The second kappa shape index (κ2) is 5.33. The third-order valence-electron chi connectivity index (χ3n) is 4.70. The number of nitrogens with one attached hydrogen (secondary N) is 1. The van der Waals surface area contributed by atoms with Crippen LogP contribution in [0.3, 0.4) is 0 Å². The van der Waals surface area contributed by atoms with Gasteiger partial charge in [-0.25, -0.2) is 9.50 Å². The van der Waals surface area contributed by atoms with Crippen LogP contribution in [0.4, 0.5) is 11.6 Å². The molecule has 1 unspecified atom stereocenters. The van der Waals surface area contributed by atoms with Crippen LogP contribution >= 0.6 is 0 Å². The summed E-state index contributed by atoms with van der Waals surface area (Å²) in [4.78, 5) is 4.52. The highest BCUT2D eigenvalue weighted by molar-refractivity contribution is 5.90. The maximum absolute atomic E-state index is 9.27. The fourth-order valence-electron chi connectivity index (χ4n) is 3.59. The molecule has 1 atom stereocenters. The van der Waals surface area contributed by atoms with Crippen LogP contribution in [0.5, 0.6) is 0 Å². The molecule has 4 aromatic rings. The van der Waals surface area contributed by atoms with E-state index in [1.807, 2.05) is 54.7 Å². The van der Waals surface area contributed by atoms with Crippen molar-refractivity contribution in [1.29, 1.82) is 5.26 Å². The molecule has 0 fully saturated rings. The molecule has 1 aliphatic rings. The summed E-state index contributed by atoms with van der Waals surface area (Å²) in [6, 6.07) is 19.8. The van der Waals surface area contributed by atoms with Crippen molar-refractivity contribution in [2.75, 3.05) is 11.1 Å². The quantitative estimate of drug-likeness (QED) is 0.555. The van der Waals surface area contributed by atoms with Crippen LogP contribution in [0.15, 0.2) is 60.8 Å². The minimum absolute atomic E-state index is 0.122. The summed E-state index contributed by atoms with van der Waals surface area (Å²) < 4.78 is 1.78. The van der Waals surface area contributed by atoms with Crippen molar-refractivity contribution in [3.8, 4) is 17.3 Å². The standard InChI is InChI=1S/C20H14N6/c21-11-12-4-3-5-13(10-12)17-15-8-9-26-19(15)18(24-20(22)25-26)14-6-1-2-7-16(14)23-17/h1-10,17,23H,(H2,22,25). The molecule has 2 aromatic carbocycles. The molecule has 1 aliphatic heterocycles. The van der Waals surface area contributed by atoms with Crippen molar-refractivity contribution < 1.29 is 0 Å². The number of nitrogen functional groups attached to an aromatic ring is 1. The molecule has 124 valence electrons. The van der Waals surface area contributed by atoms with Crippen molar-refractivity contribution >= 4 is 17.2 Å². The largest absolute Gasteiger partial charge is 0.374 e. The van der Waals surface area contributed by atoms with Crippen LogP contribution in [0, 0.1) is 11.3 Å². The summed E-state index contributed by atoms with van der Waals surface area (Å²) in [5.41, 5.74) is 12.3. The molecule has 2 aromatic heterocycles. The molecule has 0 radical (unpaired) electrons. The summed E-state index contributed by atoms with van der Waals surface area (Å²) in [5, 5.41) is 17.2. The Morgan fingerprint density at radius 3 is 2.88 bits per heavy atom. The lowest BCUT2D eigenvalue weighted by Gasteiger charge is -2.19. The van der Waals surface area contributed by atoms with Crippen LogP contribution in [0.1, 0.15) is 22.7 Å². The second-order valence-electron chi connectivity index (χ2n) is 6.24. The van der Waals surface area contributed by atoms with E-state index in [0.29, 0.717) is 5.56 Å². The number of para-hydroxylation sites is 1. The molecular weight excluding hydrogens is 324 g/mol. The molecule has 6 nitrogen and oxygen atoms in total. The van der Waals surface area contributed by atoms with Crippen LogP contribution < -0.4 is 11.1 Å². The van der Waals surface area contributed by atoms with Crippen molar-refractivity contribution in [2.45, 2.75) is 6.04 Å². The third-order valence-corrected chi connectivity index (χ3v) is 4.70. The van der Waals surface area contributed by atoms with Gasteiger partial charge in [-0.05, 0) is 29.8 Å². The summed E-state index contributed by atoms with van der Waals surface area (Å²) in [6.45, 7) is 0. The highest BCUT2D eigenvalue weighted by Crippen LogP contribution is 2.41. The molecule has 0 saturated carbocycles. The minimum atomic E-state index is -0.122. The monoisotopic (exact) mass is 338 g/mol. The Labute approximate surface area is 149 Å². The number of aromatic nitrogens is 3. The minimum Gasteiger partial charge on any atom is -0.374 e. The van der Waals surface area contributed by atoms with Crippen molar-refractivity contribution in [3.05, 3.63) is 77.5 Å². The van der Waals surface area contributed by atoms with Gasteiger partial charge < -0.3 is 11.1 Å². The molecule has 0 bridgehead atoms. The number of fused-ring (bicyclic) bond motifs is 2. The van der Waals surface area contributed by atoms with E-state index in [2.05, 4.69) is 21.5 Å². The zero-order chi connectivity index (χ0) is 17.7. The maximum Gasteiger partial charge on any atom is 0.238 e. The van der Waals surface area contributed by atoms with E-state index in [1.165, 1.54) is 0 Å². The topological polar surface area (TPSA) is 92.0 Å². The number of nitrogens with two attached hydrogens (primary N) is 1. The van der Waals surface area contributed by atoms with E-state index in [0.717, 1.165) is 33.6 Å². The Morgan fingerprint density at radius 2 is 2.00 bits per heavy atom. The van der Waals surface area contributed by atoms with E-state index in [-0.39, 0.29) is 12.0 Å². The van der Waals surface area contributed by atoms with Crippen LogP contribution in [-0.2, 0) is 0 Å². The Kier molecular flexibility index (Phi) is 2.97. The zero-order valence-corrected chi connectivity index (χ0v) is 13.7. The number of benzene rings is 2. The highest BCUT2D eigenvalue weighted by Gasteiger charge is 2.27. The van der Waals surface area contributed by atoms with E-state index >= 15 is 0 Å². The fraction of sp³-hybridized carbons (Fsp3) is 0.0500. The van der Waals surface area contributed by atoms with E-state index in [9.17, 15) is 5.26 Å². The molecule has 0 amide bonds. The Balaban J connectivity index is 1.84. The molecule has 0 aliphatic carbocycles. The van der Waals surface area contributed by atoms with Crippen molar-refractivity contribution in [3.63, 3.8) is 0 Å². The normalized spacial score (nSPS) is 15.0. The molecule has 3 N–H and O–H groups in total. The van der Waals surface area contributed by atoms with Gasteiger partial charge in [0.1, 0.15) is 5.69 Å². The Bertz CT molecular complexity index is 1200. The molecule has 0 spiro atoms. The smallest absolute Gasteiger partial charge is 0.238 e. The van der Waals surface area contributed by atoms with Gasteiger partial charge in [0.25, 0.3) is 0 Å². The predicted octanol–water partition coefficient (Wildman–Crippen LogP) is 3.37. The Morgan fingerprint density at radius 1 is 1.12 bits per heavy atom. The van der Waals surface area contributed by atoms with Gasteiger partial charge in [-0.15, -0.1) is 5.10 Å². The van der Waals surface area contributed by atoms with Gasteiger partial charge in [-0.1, -0.05) is 30.3 Å². The van der Waals surface area contributed by atoms with E-state index in [1.54, 1.807) is 10.6 Å². The molecule has 0 saturated heterocycles. The molecule has 26 heavy (non-hydrogen) atoms. The summed E-state index contributed by atoms with van der Waals surface area (Å²) >= 11 is 0. The number of rotatable bonds is 1. The van der Waals surface area contributed by atoms with Crippen LogP contribution in [-0.4, -0.2) is 14.6 Å². The van der Waals surface area contributed by atoms with Crippen LogP contribution in [0.25, 0.3) is 16.8 Å². The number of hydrogen-bond donors (Lipinski definition) is 2.